The summed E-state index contributed by atoms with van der Waals surface area (Å²) in [7, 11) is 2.04. The Labute approximate surface area is 132 Å². The average Bonchev–Trinajstić information content (AvgIpc) is 3.05. The Balaban J connectivity index is 0.00000161. The van der Waals surface area contributed by atoms with Gasteiger partial charge in [0.15, 0.2) is 0 Å². The molecule has 116 valence electrons. The maximum absolute atomic E-state index is 4.80. The molecule has 1 fully saturated rings. The van der Waals surface area contributed by atoms with E-state index in [9.17, 15) is 0 Å². The van der Waals surface area contributed by atoms with Crippen molar-refractivity contribution < 1.29 is 0 Å². The van der Waals surface area contributed by atoms with Crippen LogP contribution in [0, 0.1) is 5.92 Å². The second kappa shape index (κ2) is 7.25. The predicted octanol–water partition coefficient (Wildman–Crippen LogP) is 2.52. The van der Waals surface area contributed by atoms with Gasteiger partial charge in [-0.3, -0.25) is 9.58 Å². The van der Waals surface area contributed by atoms with Gasteiger partial charge in [0.2, 0.25) is 0 Å². The van der Waals surface area contributed by atoms with Gasteiger partial charge in [-0.25, -0.2) is 0 Å². The number of hydrogen-bond acceptors (Lipinski definition) is 3. The first-order chi connectivity index (χ1) is 9.81. The molecule has 5 heteroatoms. The van der Waals surface area contributed by atoms with Crippen molar-refractivity contribution in [1.29, 1.82) is 0 Å². The van der Waals surface area contributed by atoms with Crippen LogP contribution < -0.4 is 5.32 Å². The van der Waals surface area contributed by atoms with E-state index in [1.807, 2.05) is 7.05 Å². The first-order valence-corrected chi connectivity index (χ1v) is 7.63. The number of benzene rings is 1. The number of hydrogen-bond donors (Lipinski definition) is 1. The molecule has 0 saturated carbocycles. The minimum Gasteiger partial charge on any atom is -0.319 e. The van der Waals surface area contributed by atoms with Gasteiger partial charge < -0.3 is 5.32 Å². The van der Waals surface area contributed by atoms with E-state index < -0.39 is 0 Å². The molecular weight excluding hydrogens is 284 g/mol. The van der Waals surface area contributed by atoms with E-state index in [1.54, 1.807) is 0 Å². The van der Waals surface area contributed by atoms with Crippen molar-refractivity contribution in [2.45, 2.75) is 26.4 Å². The molecule has 1 aliphatic rings. The third-order valence-corrected chi connectivity index (χ3v) is 4.27. The van der Waals surface area contributed by atoms with Gasteiger partial charge in [0.25, 0.3) is 0 Å². The molecule has 1 unspecified atom stereocenters. The predicted molar refractivity (Wildman–Crippen MR) is 90.0 cm³/mol. The Kier molecular flexibility index (Phi) is 5.62. The van der Waals surface area contributed by atoms with Crippen LogP contribution >= 0.6 is 12.4 Å². The lowest BCUT2D eigenvalue weighted by Crippen LogP contribution is -2.24. The lowest BCUT2D eigenvalue weighted by atomic mass is 10.1. The third-order valence-electron chi connectivity index (χ3n) is 4.27. The highest BCUT2D eigenvalue weighted by molar-refractivity contribution is 5.85. The monoisotopic (exact) mass is 308 g/mol. The normalized spacial score (nSPS) is 19.0. The van der Waals surface area contributed by atoms with E-state index in [-0.39, 0.29) is 12.4 Å². The maximum Gasteiger partial charge on any atom is 0.0843 e. The smallest absolute Gasteiger partial charge is 0.0843 e. The van der Waals surface area contributed by atoms with Crippen LogP contribution in [0.4, 0.5) is 0 Å². The van der Waals surface area contributed by atoms with Crippen LogP contribution in [0.25, 0.3) is 10.9 Å². The number of fused-ring (bicyclic) bond motifs is 1. The van der Waals surface area contributed by atoms with Crippen molar-refractivity contribution in [3.05, 3.63) is 30.0 Å². The van der Waals surface area contributed by atoms with Gasteiger partial charge in [-0.1, -0.05) is 18.2 Å². The van der Waals surface area contributed by atoms with E-state index in [2.05, 4.69) is 46.1 Å². The molecule has 1 atom stereocenters. The summed E-state index contributed by atoms with van der Waals surface area (Å²) in [6.45, 7) is 7.58. The third kappa shape index (κ3) is 3.39. The van der Waals surface area contributed by atoms with Crippen molar-refractivity contribution in [3.63, 3.8) is 0 Å². The summed E-state index contributed by atoms with van der Waals surface area (Å²) >= 11 is 0. The van der Waals surface area contributed by atoms with E-state index in [0.717, 1.165) is 25.6 Å². The van der Waals surface area contributed by atoms with Gasteiger partial charge in [-0.15, -0.1) is 12.4 Å². The van der Waals surface area contributed by atoms with Crippen molar-refractivity contribution in [1.82, 2.24) is 20.0 Å². The fraction of sp³-hybridized carbons (Fsp3) is 0.562. The SMILES string of the molecule is CCn1nc(CN2CCC(CNC)C2)c2ccccc21.Cl. The van der Waals surface area contributed by atoms with E-state index >= 15 is 0 Å². The van der Waals surface area contributed by atoms with Gasteiger partial charge in [-0.2, -0.15) is 5.10 Å². The maximum atomic E-state index is 4.80. The van der Waals surface area contributed by atoms with Crippen LogP contribution in [0.15, 0.2) is 24.3 Å². The molecule has 0 amide bonds. The summed E-state index contributed by atoms with van der Waals surface area (Å²) in [5.74, 6) is 0.791. The number of likely N-dealkylation sites (tertiary alicyclic amines) is 1. The Morgan fingerprint density at radius 2 is 2.14 bits per heavy atom. The summed E-state index contributed by atoms with van der Waals surface area (Å²) < 4.78 is 2.12. The molecule has 1 aromatic heterocycles. The van der Waals surface area contributed by atoms with E-state index in [0.29, 0.717) is 0 Å². The topological polar surface area (TPSA) is 33.1 Å². The Morgan fingerprint density at radius 3 is 2.90 bits per heavy atom. The van der Waals surface area contributed by atoms with Crippen molar-refractivity contribution in [2.24, 2.45) is 5.92 Å². The zero-order valence-electron chi connectivity index (χ0n) is 12.9. The Bertz CT molecular complexity index is 581. The molecule has 21 heavy (non-hydrogen) atoms. The first kappa shape index (κ1) is 16.3. The molecule has 2 aromatic rings. The fourth-order valence-corrected chi connectivity index (χ4v) is 3.28. The van der Waals surface area contributed by atoms with Crippen LogP contribution in [-0.2, 0) is 13.1 Å². The highest BCUT2D eigenvalue weighted by atomic mass is 35.5. The Morgan fingerprint density at radius 1 is 1.33 bits per heavy atom. The van der Waals surface area contributed by atoms with Gasteiger partial charge in [0.05, 0.1) is 11.2 Å². The molecule has 0 aliphatic carbocycles. The molecule has 0 bridgehead atoms. The largest absolute Gasteiger partial charge is 0.319 e. The molecule has 3 rings (SSSR count). The van der Waals surface area contributed by atoms with Crippen molar-refractivity contribution in [2.75, 3.05) is 26.7 Å². The molecule has 1 saturated heterocycles. The number of nitrogens with one attached hydrogen (secondary N) is 1. The van der Waals surface area contributed by atoms with Crippen LogP contribution in [0.1, 0.15) is 19.0 Å². The molecule has 4 nitrogen and oxygen atoms in total. The number of aromatic nitrogens is 2. The number of nitrogens with zero attached hydrogens (tertiary/aromatic N) is 3. The molecular formula is C16H25ClN4. The molecule has 1 N–H and O–H groups in total. The van der Waals surface area contributed by atoms with Crippen molar-refractivity contribution >= 4 is 23.3 Å². The standard InChI is InChI=1S/C16H24N4.ClH/c1-3-20-16-7-5-4-6-14(16)15(18-20)12-19-9-8-13(11-19)10-17-2;/h4-7,13,17H,3,8-12H2,1-2H3;1H. The van der Waals surface area contributed by atoms with Gasteiger partial charge >= 0.3 is 0 Å². The minimum atomic E-state index is 0. The van der Waals surface area contributed by atoms with E-state index in [4.69, 9.17) is 5.10 Å². The molecule has 1 aliphatic heterocycles. The van der Waals surface area contributed by atoms with E-state index in [1.165, 1.54) is 36.1 Å². The number of para-hydroxylation sites is 1. The lowest BCUT2D eigenvalue weighted by Gasteiger charge is -2.14. The summed E-state index contributed by atoms with van der Waals surface area (Å²) in [5, 5.41) is 9.40. The Hall–Kier alpha value is -1.10. The number of halogens is 1. The second-order valence-corrected chi connectivity index (χ2v) is 5.73. The highest BCUT2D eigenvalue weighted by Gasteiger charge is 2.23. The quantitative estimate of drug-likeness (QED) is 0.921. The van der Waals surface area contributed by atoms with Crippen LogP contribution in [0.5, 0.6) is 0 Å². The molecule has 1 aromatic carbocycles. The number of rotatable bonds is 5. The number of aryl methyl sites for hydroxylation is 1. The average molecular weight is 309 g/mol. The van der Waals surface area contributed by atoms with Crippen molar-refractivity contribution in [3.8, 4) is 0 Å². The molecule has 2 heterocycles. The highest BCUT2D eigenvalue weighted by Crippen LogP contribution is 2.23. The first-order valence-electron chi connectivity index (χ1n) is 7.63. The van der Waals surface area contributed by atoms with Gasteiger partial charge in [0, 0.05) is 25.0 Å². The van der Waals surface area contributed by atoms with Crippen LogP contribution in [0.3, 0.4) is 0 Å². The second-order valence-electron chi connectivity index (χ2n) is 5.73. The molecule has 0 radical (unpaired) electrons. The van der Waals surface area contributed by atoms with Crippen LogP contribution in [-0.4, -0.2) is 41.4 Å². The summed E-state index contributed by atoms with van der Waals surface area (Å²) in [4.78, 5) is 2.54. The lowest BCUT2D eigenvalue weighted by molar-refractivity contribution is 0.311. The summed E-state index contributed by atoms with van der Waals surface area (Å²) in [5.41, 5.74) is 2.49. The zero-order chi connectivity index (χ0) is 13.9. The zero-order valence-corrected chi connectivity index (χ0v) is 13.7. The summed E-state index contributed by atoms with van der Waals surface area (Å²) in [6, 6.07) is 8.58. The fourth-order valence-electron chi connectivity index (χ4n) is 3.28. The molecule has 0 spiro atoms. The van der Waals surface area contributed by atoms with Gasteiger partial charge in [-0.05, 0) is 45.5 Å². The van der Waals surface area contributed by atoms with Crippen LogP contribution in [0.2, 0.25) is 0 Å². The van der Waals surface area contributed by atoms with Gasteiger partial charge in [0.1, 0.15) is 0 Å². The minimum absolute atomic E-state index is 0. The summed E-state index contributed by atoms with van der Waals surface area (Å²) in [6.07, 6.45) is 1.30.